The predicted octanol–water partition coefficient (Wildman–Crippen LogP) is 4.53. The van der Waals surface area contributed by atoms with Gasteiger partial charge in [-0.1, -0.05) is 11.6 Å². The van der Waals surface area contributed by atoms with Crippen molar-refractivity contribution in [3.8, 4) is 17.0 Å². The van der Waals surface area contributed by atoms with Crippen molar-refractivity contribution in [2.75, 3.05) is 12.4 Å². The molecule has 5 rings (SSSR count). The Morgan fingerprint density at radius 2 is 2.16 bits per heavy atom. The molecule has 3 aromatic rings. The molecular formula is C23H20ClFN4O3. The van der Waals surface area contributed by atoms with Crippen molar-refractivity contribution < 1.29 is 13.9 Å². The number of benzene rings is 1. The van der Waals surface area contributed by atoms with Crippen LogP contribution in [0, 0.1) is 5.82 Å². The fraction of sp³-hybridized carbons (Fsp3) is 0.261. The van der Waals surface area contributed by atoms with Gasteiger partial charge in [-0.3, -0.25) is 4.79 Å². The number of anilines is 1. The molecule has 0 radical (unpaired) electrons. The number of fused-ring (bicyclic) bond motifs is 4. The van der Waals surface area contributed by atoms with Crippen LogP contribution in [0.25, 0.3) is 11.1 Å². The van der Waals surface area contributed by atoms with Gasteiger partial charge in [-0.2, -0.15) is 0 Å². The Bertz CT molecular complexity index is 1280. The Labute approximate surface area is 188 Å². The summed E-state index contributed by atoms with van der Waals surface area (Å²) in [4.78, 5) is 33.3. The van der Waals surface area contributed by atoms with Crippen LogP contribution in [0.5, 0.6) is 5.88 Å². The lowest BCUT2D eigenvalue weighted by Crippen LogP contribution is -2.44. The molecule has 1 aromatic carbocycles. The van der Waals surface area contributed by atoms with Gasteiger partial charge in [-0.25, -0.2) is 14.2 Å². The van der Waals surface area contributed by atoms with Crippen LogP contribution in [0.1, 0.15) is 30.0 Å². The van der Waals surface area contributed by atoms with Crippen LogP contribution >= 0.6 is 11.6 Å². The number of pyridine rings is 2. The third-order valence-electron chi connectivity index (χ3n) is 6.15. The van der Waals surface area contributed by atoms with Crippen molar-refractivity contribution in [1.82, 2.24) is 14.9 Å². The number of ether oxygens (including phenoxy) is 1. The number of carbonyl (C=O) groups is 1. The molecule has 2 aliphatic rings. The zero-order valence-electron chi connectivity index (χ0n) is 17.2. The molecule has 0 saturated carbocycles. The fourth-order valence-corrected chi connectivity index (χ4v) is 4.97. The van der Waals surface area contributed by atoms with Gasteiger partial charge in [-0.15, -0.1) is 0 Å². The van der Waals surface area contributed by atoms with Gasteiger partial charge in [-0.05, 0) is 54.2 Å². The second kappa shape index (κ2) is 7.94. The van der Waals surface area contributed by atoms with Gasteiger partial charge in [0.25, 0.3) is 0 Å². The van der Waals surface area contributed by atoms with Gasteiger partial charge < -0.3 is 19.9 Å². The molecule has 0 unspecified atom stereocenters. The number of hydrogen-bond acceptors (Lipinski definition) is 4. The zero-order chi connectivity index (χ0) is 22.4. The van der Waals surface area contributed by atoms with Crippen LogP contribution in [0.2, 0.25) is 5.02 Å². The Kier molecular flexibility index (Phi) is 5.09. The maximum absolute atomic E-state index is 14.9. The van der Waals surface area contributed by atoms with Crippen LogP contribution in [-0.4, -0.2) is 34.1 Å². The third kappa shape index (κ3) is 3.50. The van der Waals surface area contributed by atoms with E-state index in [1.807, 2.05) is 0 Å². The van der Waals surface area contributed by atoms with Gasteiger partial charge >= 0.3 is 6.03 Å². The van der Waals surface area contributed by atoms with E-state index in [2.05, 4.69) is 15.3 Å². The molecule has 0 aliphatic carbocycles. The lowest BCUT2D eigenvalue weighted by molar-refractivity contribution is 0.179. The normalized spacial score (nSPS) is 18.9. The van der Waals surface area contributed by atoms with Crippen molar-refractivity contribution in [3.05, 3.63) is 75.0 Å². The number of aromatic nitrogens is 2. The minimum absolute atomic E-state index is 0.0106. The zero-order valence-corrected chi connectivity index (χ0v) is 17.9. The van der Waals surface area contributed by atoms with Gasteiger partial charge in [0.2, 0.25) is 11.4 Å². The molecular weight excluding hydrogens is 435 g/mol. The molecule has 2 aliphatic heterocycles. The summed E-state index contributed by atoms with van der Waals surface area (Å²) in [6, 6.07) is 7.09. The molecule has 2 atom stereocenters. The van der Waals surface area contributed by atoms with Gasteiger partial charge in [0, 0.05) is 36.1 Å². The quantitative estimate of drug-likeness (QED) is 0.608. The first-order valence-corrected chi connectivity index (χ1v) is 10.6. The molecule has 32 heavy (non-hydrogen) atoms. The minimum Gasteiger partial charge on any atom is -0.481 e. The average Bonchev–Trinajstić information content (AvgIpc) is 3.11. The Morgan fingerprint density at radius 3 is 2.97 bits per heavy atom. The first-order valence-electron chi connectivity index (χ1n) is 10.2. The van der Waals surface area contributed by atoms with Crippen LogP contribution in [0.3, 0.4) is 0 Å². The smallest absolute Gasteiger partial charge is 0.322 e. The highest BCUT2D eigenvalue weighted by molar-refractivity contribution is 6.33. The molecule has 1 saturated heterocycles. The highest BCUT2D eigenvalue weighted by Gasteiger charge is 2.42. The molecule has 2 N–H and O–H groups in total. The summed E-state index contributed by atoms with van der Waals surface area (Å²) >= 11 is 6.43. The molecule has 164 valence electrons. The Hall–Kier alpha value is -3.39. The van der Waals surface area contributed by atoms with Gasteiger partial charge in [0.05, 0.1) is 23.9 Å². The number of H-pyrrole nitrogens is 1. The summed E-state index contributed by atoms with van der Waals surface area (Å²) in [5, 5.41) is 2.97. The summed E-state index contributed by atoms with van der Waals surface area (Å²) in [6.07, 6.45) is 5.46. The lowest BCUT2D eigenvalue weighted by Gasteiger charge is -2.36. The van der Waals surface area contributed by atoms with E-state index >= 15 is 0 Å². The number of methoxy groups -OCH3 is 1. The summed E-state index contributed by atoms with van der Waals surface area (Å²) in [6.45, 7) is 0. The van der Waals surface area contributed by atoms with E-state index in [0.717, 1.165) is 24.0 Å². The topological polar surface area (TPSA) is 87.3 Å². The van der Waals surface area contributed by atoms with Crippen LogP contribution < -0.4 is 15.6 Å². The third-order valence-corrected chi connectivity index (χ3v) is 6.46. The van der Waals surface area contributed by atoms with Crippen molar-refractivity contribution in [1.29, 1.82) is 0 Å². The van der Waals surface area contributed by atoms with Crippen molar-refractivity contribution >= 4 is 23.3 Å². The Morgan fingerprint density at radius 1 is 1.31 bits per heavy atom. The number of nitrogens with one attached hydrogen (secondary N) is 2. The maximum Gasteiger partial charge on any atom is 0.322 e. The van der Waals surface area contributed by atoms with E-state index in [1.54, 1.807) is 35.5 Å². The summed E-state index contributed by atoms with van der Waals surface area (Å²) < 4.78 is 20.1. The number of urea groups is 1. The molecule has 9 heteroatoms. The second-order valence-corrected chi connectivity index (χ2v) is 8.37. The first-order chi connectivity index (χ1) is 15.4. The van der Waals surface area contributed by atoms with Crippen molar-refractivity contribution in [2.24, 2.45) is 0 Å². The molecule has 4 heterocycles. The number of hydrogen-bond donors (Lipinski definition) is 2. The van der Waals surface area contributed by atoms with E-state index in [4.69, 9.17) is 16.3 Å². The standard InChI is InChI=1S/C23H20ClFN4O3/c1-32-22-8-12(4-5-26-22)15-9-18(25)19(10-17(15)24)28-23(31)29-14-2-3-20(29)16-11-27-21(30)7-13(16)6-14/h4-5,7-11,14,20H,2-3,6H2,1H3,(H,27,30)(H,28,31)/t14-,20+/m0/s1. The molecule has 2 bridgehead atoms. The predicted molar refractivity (Wildman–Crippen MR) is 119 cm³/mol. The SMILES string of the molecule is COc1cc(-c2cc(F)c(NC(=O)N3[C@H]4CC[C@@H]3c3c[nH]c(=O)cc3C4)cc2Cl)ccn1. The fourth-order valence-electron chi connectivity index (χ4n) is 4.69. The van der Waals surface area contributed by atoms with Crippen molar-refractivity contribution in [2.45, 2.75) is 31.3 Å². The van der Waals surface area contributed by atoms with E-state index in [-0.39, 0.29) is 29.4 Å². The maximum atomic E-state index is 14.9. The molecule has 1 fully saturated rings. The van der Waals surface area contributed by atoms with Crippen LogP contribution in [-0.2, 0) is 6.42 Å². The minimum atomic E-state index is -0.595. The van der Waals surface area contributed by atoms with E-state index in [9.17, 15) is 14.0 Å². The molecule has 2 amide bonds. The largest absolute Gasteiger partial charge is 0.481 e. The second-order valence-electron chi connectivity index (χ2n) is 7.97. The number of rotatable bonds is 3. The number of amides is 2. The first kappa shape index (κ1) is 20.5. The Balaban J connectivity index is 1.41. The summed E-state index contributed by atoms with van der Waals surface area (Å²) in [7, 11) is 1.50. The van der Waals surface area contributed by atoms with E-state index in [0.29, 0.717) is 28.5 Å². The molecule has 2 aromatic heterocycles. The average molecular weight is 455 g/mol. The number of aromatic amines is 1. The molecule has 7 nitrogen and oxygen atoms in total. The monoisotopic (exact) mass is 454 g/mol. The van der Waals surface area contributed by atoms with E-state index in [1.165, 1.54) is 19.2 Å². The number of nitrogens with zero attached hydrogens (tertiary/aromatic N) is 2. The van der Waals surface area contributed by atoms with Gasteiger partial charge in [0.1, 0.15) is 5.82 Å². The van der Waals surface area contributed by atoms with Crippen molar-refractivity contribution in [3.63, 3.8) is 0 Å². The number of halogens is 2. The van der Waals surface area contributed by atoms with E-state index < -0.39 is 5.82 Å². The molecule has 0 spiro atoms. The summed E-state index contributed by atoms with van der Waals surface area (Å²) in [5.74, 6) is -0.207. The van der Waals surface area contributed by atoms with Crippen LogP contribution in [0.15, 0.2) is 47.5 Å². The van der Waals surface area contributed by atoms with Gasteiger partial charge in [0.15, 0.2) is 0 Å². The van der Waals surface area contributed by atoms with Crippen LogP contribution in [0.4, 0.5) is 14.9 Å². The summed E-state index contributed by atoms with van der Waals surface area (Å²) in [5.41, 5.74) is 2.89. The lowest BCUT2D eigenvalue weighted by atomic mass is 9.95. The highest BCUT2D eigenvalue weighted by Crippen LogP contribution is 2.43. The highest BCUT2D eigenvalue weighted by atomic mass is 35.5. The number of carbonyl (C=O) groups excluding carboxylic acids is 1.